The molecule has 2 N–H and O–H groups in total. The summed E-state index contributed by atoms with van der Waals surface area (Å²) in [6.07, 6.45) is 4.96. The molecule has 2 unspecified atom stereocenters. The van der Waals surface area contributed by atoms with Crippen molar-refractivity contribution in [1.29, 1.82) is 0 Å². The fraction of sp³-hybridized carbons (Fsp3) is 1.00. The molecule has 0 spiro atoms. The Kier molecular flexibility index (Phi) is 5.79. The van der Waals surface area contributed by atoms with Crippen molar-refractivity contribution in [1.82, 2.24) is 9.80 Å². The Morgan fingerprint density at radius 1 is 1.26 bits per heavy atom. The summed E-state index contributed by atoms with van der Waals surface area (Å²) in [6, 6.07) is 0. The molecule has 114 valence electrons. The highest BCUT2D eigenvalue weighted by Gasteiger charge is 2.49. The Labute approximate surface area is 118 Å². The molecular formula is C13H29N3O2S. The molecule has 0 aromatic heterocycles. The van der Waals surface area contributed by atoms with Crippen LogP contribution in [0.4, 0.5) is 0 Å². The molecule has 0 aliphatic heterocycles. The molecule has 0 bridgehead atoms. The van der Waals surface area contributed by atoms with Crippen LogP contribution in [0.1, 0.15) is 25.7 Å². The van der Waals surface area contributed by atoms with E-state index < -0.39 is 9.84 Å². The normalized spacial score (nSPS) is 28.5. The molecule has 6 heteroatoms. The molecule has 1 rings (SSSR count). The predicted octanol–water partition coefficient (Wildman–Crippen LogP) is 0.165. The molecule has 1 saturated carbocycles. The monoisotopic (exact) mass is 291 g/mol. The third kappa shape index (κ3) is 3.90. The van der Waals surface area contributed by atoms with Crippen molar-refractivity contribution in [3.8, 4) is 0 Å². The first-order chi connectivity index (χ1) is 8.74. The van der Waals surface area contributed by atoms with Gasteiger partial charge in [0.2, 0.25) is 0 Å². The van der Waals surface area contributed by atoms with Crippen molar-refractivity contribution in [2.75, 3.05) is 47.0 Å². The lowest BCUT2D eigenvalue weighted by atomic mass is 9.95. The van der Waals surface area contributed by atoms with Crippen molar-refractivity contribution < 1.29 is 8.42 Å². The van der Waals surface area contributed by atoms with Gasteiger partial charge in [0.15, 0.2) is 9.84 Å². The van der Waals surface area contributed by atoms with E-state index in [2.05, 4.69) is 9.80 Å². The van der Waals surface area contributed by atoms with Crippen LogP contribution in [0.2, 0.25) is 0 Å². The smallest absolute Gasteiger partial charge is 0.152 e. The van der Waals surface area contributed by atoms with Gasteiger partial charge in [0, 0.05) is 18.3 Å². The molecule has 0 saturated heterocycles. The number of likely N-dealkylation sites (N-methyl/N-ethyl adjacent to an activating group) is 1. The van der Waals surface area contributed by atoms with Crippen LogP contribution in [0.25, 0.3) is 0 Å². The highest BCUT2D eigenvalue weighted by molar-refractivity contribution is 7.91. The van der Waals surface area contributed by atoms with Crippen LogP contribution in [0.15, 0.2) is 0 Å². The van der Waals surface area contributed by atoms with Gasteiger partial charge in [0.05, 0.1) is 5.25 Å². The van der Waals surface area contributed by atoms with E-state index in [1.165, 1.54) is 6.26 Å². The Bertz CT molecular complexity index is 383. The van der Waals surface area contributed by atoms with Crippen molar-refractivity contribution in [2.24, 2.45) is 5.73 Å². The molecule has 2 atom stereocenters. The fourth-order valence-electron chi connectivity index (χ4n) is 3.31. The van der Waals surface area contributed by atoms with Crippen LogP contribution in [0, 0.1) is 0 Å². The lowest BCUT2D eigenvalue weighted by Gasteiger charge is -2.42. The summed E-state index contributed by atoms with van der Waals surface area (Å²) in [5.74, 6) is 0. The Morgan fingerprint density at radius 3 is 2.37 bits per heavy atom. The molecular weight excluding hydrogens is 262 g/mol. The van der Waals surface area contributed by atoms with Crippen molar-refractivity contribution >= 4 is 9.84 Å². The Hall–Kier alpha value is -0.170. The van der Waals surface area contributed by atoms with Crippen LogP contribution in [-0.2, 0) is 9.84 Å². The molecule has 19 heavy (non-hydrogen) atoms. The molecule has 0 radical (unpaired) electrons. The first-order valence-corrected chi connectivity index (χ1v) is 8.94. The second kappa shape index (κ2) is 6.52. The van der Waals surface area contributed by atoms with Crippen LogP contribution < -0.4 is 5.73 Å². The second-order valence-electron chi connectivity index (χ2n) is 6.10. The molecule has 0 aromatic rings. The zero-order valence-electron chi connectivity index (χ0n) is 12.7. The van der Waals surface area contributed by atoms with Crippen LogP contribution >= 0.6 is 0 Å². The first-order valence-electron chi connectivity index (χ1n) is 6.99. The van der Waals surface area contributed by atoms with Gasteiger partial charge >= 0.3 is 0 Å². The minimum Gasteiger partial charge on any atom is -0.329 e. The van der Waals surface area contributed by atoms with Gasteiger partial charge in [-0.2, -0.15) is 0 Å². The van der Waals surface area contributed by atoms with E-state index in [1.54, 1.807) is 0 Å². The number of hydrogen-bond donors (Lipinski definition) is 1. The summed E-state index contributed by atoms with van der Waals surface area (Å²) in [6.45, 7) is 2.32. The van der Waals surface area contributed by atoms with Gasteiger partial charge in [0.25, 0.3) is 0 Å². The Balaban J connectivity index is 2.78. The van der Waals surface area contributed by atoms with Gasteiger partial charge in [-0.25, -0.2) is 8.42 Å². The molecule has 0 amide bonds. The van der Waals surface area contributed by atoms with Crippen LogP contribution in [0.5, 0.6) is 0 Å². The van der Waals surface area contributed by atoms with Crippen molar-refractivity contribution in [2.45, 2.75) is 36.5 Å². The SMILES string of the molecule is CN(C)CCCN(C)C1(CN)CCCC1S(C)(=O)=O. The van der Waals surface area contributed by atoms with Crippen molar-refractivity contribution in [3.05, 3.63) is 0 Å². The number of sulfone groups is 1. The summed E-state index contributed by atoms with van der Waals surface area (Å²) in [5, 5.41) is -0.311. The van der Waals surface area contributed by atoms with Gasteiger partial charge in [-0.3, -0.25) is 4.90 Å². The molecule has 5 nitrogen and oxygen atoms in total. The number of nitrogens with two attached hydrogens (primary N) is 1. The largest absolute Gasteiger partial charge is 0.329 e. The first kappa shape index (κ1) is 16.9. The average Bonchev–Trinajstić information content (AvgIpc) is 2.72. The highest BCUT2D eigenvalue weighted by Crippen LogP contribution is 2.38. The maximum absolute atomic E-state index is 12.0. The van der Waals surface area contributed by atoms with E-state index in [0.29, 0.717) is 6.54 Å². The Morgan fingerprint density at radius 2 is 1.89 bits per heavy atom. The van der Waals surface area contributed by atoms with E-state index in [9.17, 15) is 8.42 Å². The van der Waals surface area contributed by atoms with E-state index in [4.69, 9.17) is 5.73 Å². The van der Waals surface area contributed by atoms with Crippen LogP contribution in [0.3, 0.4) is 0 Å². The maximum Gasteiger partial charge on any atom is 0.152 e. The lowest BCUT2D eigenvalue weighted by Crippen LogP contribution is -2.59. The molecule has 0 heterocycles. The quantitative estimate of drug-likeness (QED) is 0.724. The fourth-order valence-corrected chi connectivity index (χ4v) is 5.09. The van der Waals surface area contributed by atoms with Gasteiger partial charge in [-0.15, -0.1) is 0 Å². The van der Waals surface area contributed by atoms with E-state index in [1.807, 2.05) is 21.1 Å². The zero-order valence-corrected chi connectivity index (χ0v) is 13.5. The van der Waals surface area contributed by atoms with E-state index >= 15 is 0 Å². The lowest BCUT2D eigenvalue weighted by molar-refractivity contribution is 0.129. The van der Waals surface area contributed by atoms with E-state index in [0.717, 1.165) is 38.8 Å². The number of nitrogens with zero attached hydrogens (tertiary/aromatic N) is 2. The summed E-state index contributed by atoms with van der Waals surface area (Å²) >= 11 is 0. The van der Waals surface area contributed by atoms with Crippen molar-refractivity contribution in [3.63, 3.8) is 0 Å². The van der Waals surface area contributed by atoms with E-state index in [-0.39, 0.29) is 10.8 Å². The molecule has 1 aliphatic carbocycles. The summed E-state index contributed by atoms with van der Waals surface area (Å²) < 4.78 is 24.0. The van der Waals surface area contributed by atoms with Gasteiger partial charge in [-0.05, 0) is 53.5 Å². The third-order valence-electron chi connectivity index (χ3n) is 4.40. The highest BCUT2D eigenvalue weighted by atomic mass is 32.2. The molecule has 0 aromatic carbocycles. The number of hydrogen-bond acceptors (Lipinski definition) is 5. The average molecular weight is 291 g/mol. The molecule has 1 aliphatic rings. The summed E-state index contributed by atoms with van der Waals surface area (Å²) in [5.41, 5.74) is 5.61. The predicted molar refractivity (Wildman–Crippen MR) is 80.1 cm³/mol. The minimum absolute atomic E-state index is 0.311. The van der Waals surface area contributed by atoms with Gasteiger partial charge < -0.3 is 10.6 Å². The van der Waals surface area contributed by atoms with Gasteiger partial charge in [0.1, 0.15) is 0 Å². The molecule has 1 fully saturated rings. The summed E-state index contributed by atoms with van der Waals surface area (Å²) in [7, 11) is 3.08. The maximum atomic E-state index is 12.0. The zero-order chi connectivity index (χ0) is 14.7. The third-order valence-corrected chi connectivity index (χ3v) is 6.11. The van der Waals surface area contributed by atoms with Gasteiger partial charge in [-0.1, -0.05) is 6.42 Å². The second-order valence-corrected chi connectivity index (χ2v) is 8.32. The van der Waals surface area contributed by atoms with Crippen LogP contribution in [-0.4, -0.2) is 76.0 Å². The summed E-state index contributed by atoms with van der Waals surface area (Å²) in [4.78, 5) is 4.33. The standard InChI is InChI=1S/C13H29N3O2S/c1-15(2)9-6-10-16(3)13(11-14)8-5-7-12(13)19(4,17)18/h12H,5-11,14H2,1-4H3. The topological polar surface area (TPSA) is 66.6 Å². The number of rotatable bonds is 7. The minimum atomic E-state index is -3.04.